The predicted octanol–water partition coefficient (Wildman–Crippen LogP) is 1.09. The molecule has 0 aliphatic heterocycles. The average molecular weight is 205 g/mol. The van der Waals surface area contributed by atoms with Crippen molar-refractivity contribution in [1.29, 1.82) is 0 Å². The van der Waals surface area contributed by atoms with Crippen LogP contribution in [0.15, 0.2) is 35.3 Å². The van der Waals surface area contributed by atoms with Gasteiger partial charge in [-0.05, 0) is 25.0 Å². The van der Waals surface area contributed by atoms with Gasteiger partial charge in [0.1, 0.15) is 18.2 Å². The van der Waals surface area contributed by atoms with Gasteiger partial charge in [0.2, 0.25) is 0 Å². The van der Waals surface area contributed by atoms with Gasteiger partial charge in [-0.2, -0.15) is 0 Å². The maximum atomic E-state index is 5.51. The lowest BCUT2D eigenvalue weighted by atomic mass is 10.3. The van der Waals surface area contributed by atoms with E-state index in [-0.39, 0.29) is 0 Å². The van der Waals surface area contributed by atoms with Gasteiger partial charge >= 0.3 is 0 Å². The van der Waals surface area contributed by atoms with Crippen molar-refractivity contribution >= 4 is 5.84 Å². The van der Waals surface area contributed by atoms with Crippen molar-refractivity contribution in [3.05, 3.63) is 30.3 Å². The molecule has 2 rings (SSSR count). The van der Waals surface area contributed by atoms with Crippen LogP contribution in [0.5, 0.6) is 5.75 Å². The first-order chi connectivity index (χ1) is 7.38. The van der Waals surface area contributed by atoms with Crippen LogP contribution in [-0.2, 0) is 0 Å². The number of nitrogens with zero attached hydrogens (tertiary/aromatic N) is 1. The highest BCUT2D eigenvalue weighted by Gasteiger charge is 2.20. The number of hydrogen-bond donors (Lipinski definition) is 2. The van der Waals surface area contributed by atoms with E-state index in [2.05, 4.69) is 10.4 Å². The van der Waals surface area contributed by atoms with E-state index in [4.69, 9.17) is 10.6 Å². The quantitative estimate of drug-likeness (QED) is 0.335. The highest BCUT2D eigenvalue weighted by molar-refractivity contribution is 5.83. The van der Waals surface area contributed by atoms with Gasteiger partial charge in [0, 0.05) is 0 Å². The fourth-order valence-corrected chi connectivity index (χ4v) is 1.21. The molecule has 0 atom stereocenters. The maximum absolute atomic E-state index is 5.51. The Balaban J connectivity index is 1.85. The summed E-state index contributed by atoms with van der Waals surface area (Å²) in [4.78, 5) is 4.38. The first-order valence-corrected chi connectivity index (χ1v) is 5.09. The number of hydrogen-bond acceptors (Lipinski definition) is 3. The normalized spacial score (nSPS) is 16.2. The average Bonchev–Trinajstić information content (AvgIpc) is 3.09. The van der Waals surface area contributed by atoms with Crippen molar-refractivity contribution in [3.8, 4) is 5.75 Å². The molecule has 4 heteroatoms. The molecule has 0 saturated heterocycles. The second kappa shape index (κ2) is 4.79. The lowest BCUT2D eigenvalue weighted by Gasteiger charge is -2.07. The van der Waals surface area contributed by atoms with E-state index in [0.29, 0.717) is 18.5 Å². The van der Waals surface area contributed by atoms with Gasteiger partial charge in [0.25, 0.3) is 0 Å². The Labute approximate surface area is 89.1 Å². The zero-order valence-electron chi connectivity index (χ0n) is 8.52. The van der Waals surface area contributed by atoms with Crippen LogP contribution < -0.4 is 16.0 Å². The minimum Gasteiger partial charge on any atom is -0.486 e. The maximum Gasteiger partial charge on any atom is 0.149 e. The monoisotopic (exact) mass is 205 g/mol. The smallest absolute Gasteiger partial charge is 0.149 e. The number of rotatable bonds is 4. The minimum atomic E-state index is 0.400. The molecule has 1 aromatic rings. The molecule has 0 radical (unpaired) electrons. The predicted molar refractivity (Wildman–Crippen MR) is 59.7 cm³/mol. The lowest BCUT2D eigenvalue weighted by molar-refractivity contribution is 0.371. The number of amidine groups is 1. The van der Waals surface area contributed by atoms with E-state index in [1.54, 1.807) is 0 Å². The number of nitrogens with one attached hydrogen (secondary N) is 1. The van der Waals surface area contributed by atoms with Crippen molar-refractivity contribution in [2.24, 2.45) is 10.8 Å². The zero-order chi connectivity index (χ0) is 10.5. The summed E-state index contributed by atoms with van der Waals surface area (Å²) < 4.78 is 5.51. The first-order valence-electron chi connectivity index (χ1n) is 5.09. The molecule has 0 unspecified atom stereocenters. The second-order valence-electron chi connectivity index (χ2n) is 3.55. The van der Waals surface area contributed by atoms with Crippen LogP contribution in [0.4, 0.5) is 0 Å². The number of para-hydroxylation sites is 1. The van der Waals surface area contributed by atoms with Crippen LogP contribution in [0.1, 0.15) is 12.8 Å². The van der Waals surface area contributed by atoms with Crippen molar-refractivity contribution in [1.82, 2.24) is 5.43 Å². The summed E-state index contributed by atoms with van der Waals surface area (Å²) in [5, 5.41) is 0. The topological polar surface area (TPSA) is 59.6 Å². The summed E-state index contributed by atoms with van der Waals surface area (Å²) in [7, 11) is 0. The van der Waals surface area contributed by atoms with Gasteiger partial charge in [-0.15, -0.1) is 0 Å². The lowest BCUT2D eigenvalue weighted by Crippen LogP contribution is -2.35. The van der Waals surface area contributed by atoms with Crippen molar-refractivity contribution in [3.63, 3.8) is 0 Å². The van der Waals surface area contributed by atoms with Crippen molar-refractivity contribution in [2.75, 3.05) is 6.61 Å². The van der Waals surface area contributed by atoms with Crippen LogP contribution in [0, 0.1) is 0 Å². The number of hydrazine groups is 1. The SMILES string of the molecule is NNC(COc1ccccc1)=NC1CC1. The number of benzene rings is 1. The Kier molecular flexibility index (Phi) is 3.19. The molecule has 1 aliphatic rings. The number of nitrogens with two attached hydrogens (primary N) is 1. The Morgan fingerprint density at radius 3 is 2.73 bits per heavy atom. The zero-order valence-corrected chi connectivity index (χ0v) is 8.52. The summed E-state index contributed by atoms with van der Waals surface area (Å²) in [6.45, 7) is 0.400. The summed E-state index contributed by atoms with van der Waals surface area (Å²) in [6, 6.07) is 10.1. The molecule has 0 bridgehead atoms. The third-order valence-electron chi connectivity index (χ3n) is 2.17. The van der Waals surface area contributed by atoms with E-state index in [1.165, 1.54) is 0 Å². The molecule has 1 aliphatic carbocycles. The third kappa shape index (κ3) is 3.25. The molecule has 1 aromatic carbocycles. The molecule has 3 N–H and O–H groups in total. The number of ether oxygens (including phenoxy) is 1. The molecule has 0 heterocycles. The van der Waals surface area contributed by atoms with E-state index in [0.717, 1.165) is 18.6 Å². The summed E-state index contributed by atoms with van der Waals surface area (Å²) >= 11 is 0. The van der Waals surface area contributed by atoms with Crippen LogP contribution in [-0.4, -0.2) is 18.5 Å². The molecule has 80 valence electrons. The van der Waals surface area contributed by atoms with E-state index < -0.39 is 0 Å². The molecule has 1 saturated carbocycles. The molecular weight excluding hydrogens is 190 g/mol. The van der Waals surface area contributed by atoms with Gasteiger partial charge in [-0.1, -0.05) is 18.2 Å². The van der Waals surface area contributed by atoms with Crippen molar-refractivity contribution in [2.45, 2.75) is 18.9 Å². The minimum absolute atomic E-state index is 0.400. The third-order valence-corrected chi connectivity index (χ3v) is 2.17. The second-order valence-corrected chi connectivity index (χ2v) is 3.55. The molecule has 0 spiro atoms. The van der Waals surface area contributed by atoms with Crippen LogP contribution in [0.3, 0.4) is 0 Å². The van der Waals surface area contributed by atoms with Gasteiger partial charge in [0.15, 0.2) is 0 Å². The van der Waals surface area contributed by atoms with Gasteiger partial charge in [0.05, 0.1) is 6.04 Å². The molecule has 0 amide bonds. The van der Waals surface area contributed by atoms with E-state index in [9.17, 15) is 0 Å². The Morgan fingerprint density at radius 1 is 1.40 bits per heavy atom. The summed E-state index contributed by atoms with van der Waals surface area (Å²) in [5.41, 5.74) is 2.57. The number of aliphatic imine (C=N–C) groups is 1. The van der Waals surface area contributed by atoms with Gasteiger partial charge in [-0.25, -0.2) is 5.84 Å². The highest BCUT2D eigenvalue weighted by Crippen LogP contribution is 2.23. The standard InChI is InChI=1S/C11H15N3O/c12-14-11(13-9-6-7-9)8-15-10-4-2-1-3-5-10/h1-5,9H,6-8,12H2,(H,13,14). The van der Waals surface area contributed by atoms with E-state index >= 15 is 0 Å². The van der Waals surface area contributed by atoms with Crippen LogP contribution in [0.2, 0.25) is 0 Å². The van der Waals surface area contributed by atoms with E-state index in [1.807, 2.05) is 30.3 Å². The van der Waals surface area contributed by atoms with Gasteiger partial charge in [-0.3, -0.25) is 4.99 Å². The fourth-order valence-electron chi connectivity index (χ4n) is 1.21. The van der Waals surface area contributed by atoms with Crippen LogP contribution in [0.25, 0.3) is 0 Å². The van der Waals surface area contributed by atoms with Gasteiger partial charge < -0.3 is 10.2 Å². The first kappa shape index (κ1) is 9.98. The highest BCUT2D eigenvalue weighted by atomic mass is 16.5. The van der Waals surface area contributed by atoms with Crippen molar-refractivity contribution < 1.29 is 4.74 Å². The Morgan fingerprint density at radius 2 is 2.13 bits per heavy atom. The van der Waals surface area contributed by atoms with Crippen LogP contribution >= 0.6 is 0 Å². The Hall–Kier alpha value is -1.55. The summed E-state index contributed by atoms with van der Waals surface area (Å²) in [6.07, 6.45) is 2.33. The summed E-state index contributed by atoms with van der Waals surface area (Å²) in [5.74, 6) is 6.89. The molecule has 4 nitrogen and oxygen atoms in total. The Bertz CT molecular complexity index is 333. The fraction of sp³-hybridized carbons (Fsp3) is 0.364. The largest absolute Gasteiger partial charge is 0.486 e. The molecular formula is C11H15N3O. The molecule has 0 aromatic heterocycles. The molecule has 15 heavy (non-hydrogen) atoms. The molecule has 1 fully saturated rings.